The van der Waals surface area contributed by atoms with Gasteiger partial charge < -0.3 is 5.11 Å². The molecule has 110 valence electrons. The van der Waals surface area contributed by atoms with Crippen LogP contribution in [0.2, 0.25) is 0 Å². The number of imide groups is 1. The van der Waals surface area contributed by atoms with Gasteiger partial charge >= 0.3 is 5.97 Å². The van der Waals surface area contributed by atoms with Crippen molar-refractivity contribution in [2.75, 3.05) is 0 Å². The van der Waals surface area contributed by atoms with Crippen molar-refractivity contribution in [2.24, 2.45) is 11.8 Å². The number of carboxylic acids is 1. The molecule has 2 amide bonds. The van der Waals surface area contributed by atoms with E-state index >= 15 is 0 Å². The highest BCUT2D eigenvalue weighted by molar-refractivity contribution is 6.07. The van der Waals surface area contributed by atoms with E-state index in [1.165, 1.54) is 0 Å². The highest BCUT2D eigenvalue weighted by atomic mass is 16.4. The van der Waals surface area contributed by atoms with Crippen LogP contribution in [-0.2, 0) is 14.4 Å². The van der Waals surface area contributed by atoms with Gasteiger partial charge in [0.2, 0.25) is 11.8 Å². The normalized spacial score (nSPS) is 26.6. The number of carbonyl (C=O) groups is 3. The number of rotatable bonds is 3. The largest absolute Gasteiger partial charge is 0.479 e. The van der Waals surface area contributed by atoms with E-state index in [2.05, 4.69) is 0 Å². The topological polar surface area (TPSA) is 74.7 Å². The molecule has 1 heterocycles. The van der Waals surface area contributed by atoms with Gasteiger partial charge in [0, 0.05) is 0 Å². The molecule has 0 aromatic heterocycles. The fourth-order valence-electron chi connectivity index (χ4n) is 3.48. The van der Waals surface area contributed by atoms with Gasteiger partial charge in [-0.2, -0.15) is 0 Å². The predicted molar refractivity (Wildman–Crippen MR) is 74.1 cm³/mol. The Hall–Kier alpha value is -2.17. The van der Waals surface area contributed by atoms with Crippen LogP contribution >= 0.6 is 0 Å². The van der Waals surface area contributed by atoms with Crippen molar-refractivity contribution in [1.29, 1.82) is 0 Å². The fourth-order valence-corrected chi connectivity index (χ4v) is 3.48. The zero-order valence-electron chi connectivity index (χ0n) is 11.6. The maximum atomic E-state index is 12.5. The van der Waals surface area contributed by atoms with Crippen molar-refractivity contribution in [3.8, 4) is 0 Å². The van der Waals surface area contributed by atoms with Gasteiger partial charge in [-0.25, -0.2) is 4.79 Å². The number of carboxylic acid groups (broad SMARTS) is 1. The third-order valence-electron chi connectivity index (χ3n) is 4.48. The zero-order valence-corrected chi connectivity index (χ0v) is 11.6. The summed E-state index contributed by atoms with van der Waals surface area (Å²) in [5.41, 5.74) is 0.463. The Bertz CT molecular complexity index is 559. The highest BCUT2D eigenvalue weighted by Gasteiger charge is 2.52. The second-order valence-corrected chi connectivity index (χ2v) is 5.70. The molecule has 0 bridgehead atoms. The molecule has 1 aliphatic heterocycles. The molecule has 21 heavy (non-hydrogen) atoms. The summed E-state index contributed by atoms with van der Waals surface area (Å²) in [6.07, 6.45) is 3.23. The smallest absolute Gasteiger partial charge is 0.331 e. The van der Waals surface area contributed by atoms with Gasteiger partial charge in [0.15, 0.2) is 6.04 Å². The maximum absolute atomic E-state index is 12.5. The van der Waals surface area contributed by atoms with E-state index in [9.17, 15) is 19.5 Å². The summed E-state index contributed by atoms with van der Waals surface area (Å²) in [6.45, 7) is 0. The van der Waals surface area contributed by atoms with Crippen molar-refractivity contribution in [3.63, 3.8) is 0 Å². The molecule has 1 saturated carbocycles. The van der Waals surface area contributed by atoms with Gasteiger partial charge in [-0.15, -0.1) is 0 Å². The van der Waals surface area contributed by atoms with E-state index in [-0.39, 0.29) is 23.7 Å². The van der Waals surface area contributed by atoms with E-state index < -0.39 is 12.0 Å². The van der Waals surface area contributed by atoms with Crippen molar-refractivity contribution in [1.82, 2.24) is 4.90 Å². The molecule has 2 aliphatic rings. The molecule has 1 aromatic rings. The Morgan fingerprint density at radius 1 is 1.05 bits per heavy atom. The average molecular weight is 287 g/mol. The molecule has 0 spiro atoms. The molecule has 1 aromatic carbocycles. The lowest BCUT2D eigenvalue weighted by atomic mass is 9.81. The molecular weight excluding hydrogens is 270 g/mol. The first-order valence-electron chi connectivity index (χ1n) is 7.26. The average Bonchev–Trinajstić information content (AvgIpc) is 2.74. The summed E-state index contributed by atoms with van der Waals surface area (Å²) >= 11 is 0. The first-order valence-corrected chi connectivity index (χ1v) is 7.26. The van der Waals surface area contributed by atoms with Gasteiger partial charge in [0.1, 0.15) is 0 Å². The van der Waals surface area contributed by atoms with Crippen LogP contribution in [0, 0.1) is 11.8 Å². The summed E-state index contributed by atoms with van der Waals surface area (Å²) in [4.78, 5) is 37.6. The van der Waals surface area contributed by atoms with E-state index in [1.54, 1.807) is 30.3 Å². The van der Waals surface area contributed by atoms with Crippen LogP contribution < -0.4 is 0 Å². The minimum Gasteiger partial charge on any atom is -0.479 e. The summed E-state index contributed by atoms with van der Waals surface area (Å²) in [7, 11) is 0. The molecular formula is C16H17NO4. The van der Waals surface area contributed by atoms with Gasteiger partial charge in [-0.05, 0) is 18.4 Å². The molecule has 2 fully saturated rings. The van der Waals surface area contributed by atoms with Crippen LogP contribution in [0.25, 0.3) is 0 Å². The summed E-state index contributed by atoms with van der Waals surface area (Å²) in [5.74, 6) is -2.45. The van der Waals surface area contributed by atoms with Crippen molar-refractivity contribution in [2.45, 2.75) is 31.7 Å². The minimum absolute atomic E-state index is 0.319. The number of fused-ring (bicyclic) bond motifs is 1. The van der Waals surface area contributed by atoms with Crippen LogP contribution in [-0.4, -0.2) is 27.8 Å². The Morgan fingerprint density at radius 3 is 2.05 bits per heavy atom. The lowest BCUT2D eigenvalue weighted by molar-refractivity contribution is -0.155. The van der Waals surface area contributed by atoms with E-state index in [4.69, 9.17) is 0 Å². The summed E-state index contributed by atoms with van der Waals surface area (Å²) in [5, 5.41) is 9.51. The second kappa shape index (κ2) is 5.31. The van der Waals surface area contributed by atoms with Gasteiger partial charge in [0.05, 0.1) is 11.8 Å². The number of likely N-dealkylation sites (tertiary alicyclic amines) is 1. The Kier molecular flexibility index (Phi) is 3.49. The Labute approximate surface area is 122 Å². The quantitative estimate of drug-likeness (QED) is 0.863. The van der Waals surface area contributed by atoms with Crippen LogP contribution in [0.3, 0.4) is 0 Å². The molecule has 1 saturated heterocycles. The predicted octanol–water partition coefficient (Wildman–Crippen LogP) is 1.99. The maximum Gasteiger partial charge on any atom is 0.331 e. The van der Waals surface area contributed by atoms with E-state index in [0.717, 1.165) is 17.7 Å². The number of benzene rings is 1. The van der Waals surface area contributed by atoms with Crippen molar-refractivity contribution < 1.29 is 19.5 Å². The summed E-state index contributed by atoms with van der Waals surface area (Å²) in [6, 6.07) is 7.27. The van der Waals surface area contributed by atoms with Crippen LogP contribution in [0.1, 0.15) is 37.3 Å². The lowest BCUT2D eigenvalue weighted by Gasteiger charge is -2.23. The lowest BCUT2D eigenvalue weighted by Crippen LogP contribution is -2.39. The zero-order chi connectivity index (χ0) is 15.0. The van der Waals surface area contributed by atoms with E-state index in [0.29, 0.717) is 18.4 Å². The standard InChI is InChI=1S/C16H17NO4/c18-14-11-8-4-5-9-12(11)15(19)17(14)13(16(20)21)10-6-2-1-3-7-10/h1-3,6-7,11-13H,4-5,8-9H2,(H,20,21). The number of amides is 2. The number of aliphatic carboxylic acids is 1. The number of nitrogens with zero attached hydrogens (tertiary/aromatic N) is 1. The van der Waals surface area contributed by atoms with E-state index in [1.807, 2.05) is 0 Å². The van der Waals surface area contributed by atoms with Crippen LogP contribution in [0.5, 0.6) is 0 Å². The van der Waals surface area contributed by atoms with Crippen LogP contribution in [0.4, 0.5) is 0 Å². The Balaban J connectivity index is 1.98. The number of hydrogen-bond donors (Lipinski definition) is 1. The third kappa shape index (κ3) is 2.22. The monoisotopic (exact) mass is 287 g/mol. The second-order valence-electron chi connectivity index (χ2n) is 5.70. The molecule has 5 nitrogen and oxygen atoms in total. The van der Waals surface area contributed by atoms with Crippen molar-refractivity contribution >= 4 is 17.8 Å². The van der Waals surface area contributed by atoms with Gasteiger partial charge in [-0.3, -0.25) is 14.5 Å². The minimum atomic E-state index is -1.21. The van der Waals surface area contributed by atoms with Gasteiger partial charge in [0.25, 0.3) is 0 Å². The molecule has 1 N–H and O–H groups in total. The van der Waals surface area contributed by atoms with Gasteiger partial charge in [-0.1, -0.05) is 43.2 Å². The molecule has 3 atom stereocenters. The number of carbonyl (C=O) groups excluding carboxylic acids is 2. The third-order valence-corrected chi connectivity index (χ3v) is 4.48. The Morgan fingerprint density at radius 2 is 1.57 bits per heavy atom. The fraction of sp³-hybridized carbons (Fsp3) is 0.438. The molecule has 3 rings (SSSR count). The molecule has 1 aliphatic carbocycles. The first kappa shape index (κ1) is 13.8. The molecule has 0 radical (unpaired) electrons. The number of hydrogen-bond acceptors (Lipinski definition) is 3. The van der Waals surface area contributed by atoms with Crippen molar-refractivity contribution in [3.05, 3.63) is 35.9 Å². The molecule has 3 unspecified atom stereocenters. The highest BCUT2D eigenvalue weighted by Crippen LogP contribution is 2.41. The summed E-state index contributed by atoms with van der Waals surface area (Å²) < 4.78 is 0. The molecule has 5 heteroatoms. The SMILES string of the molecule is O=C(O)C(c1ccccc1)N1C(=O)C2CCCCC2C1=O. The first-order chi connectivity index (χ1) is 10.1. The van der Waals surface area contributed by atoms with Crippen LogP contribution in [0.15, 0.2) is 30.3 Å².